The van der Waals surface area contributed by atoms with E-state index in [0.717, 1.165) is 10.9 Å². The standard InChI is InChI=1S/C14H12O5/c1-7-6-18-12-5-13(19-9(3)15)11(4-10(7)12)8(2)14(16)17/h4-6H,2H2,1,3H3,(H,16,17). The van der Waals surface area contributed by atoms with Crippen molar-refractivity contribution in [3.05, 3.63) is 36.1 Å². The van der Waals surface area contributed by atoms with Crippen LogP contribution in [0.1, 0.15) is 18.1 Å². The Morgan fingerprint density at radius 1 is 1.37 bits per heavy atom. The summed E-state index contributed by atoms with van der Waals surface area (Å²) in [6.07, 6.45) is 1.55. The summed E-state index contributed by atoms with van der Waals surface area (Å²) in [5, 5.41) is 9.78. The fraction of sp³-hybridized carbons (Fsp3) is 0.143. The van der Waals surface area contributed by atoms with E-state index in [9.17, 15) is 9.59 Å². The number of hydrogen-bond donors (Lipinski definition) is 1. The molecule has 1 aromatic carbocycles. The minimum atomic E-state index is -1.17. The smallest absolute Gasteiger partial charge is 0.335 e. The highest BCUT2D eigenvalue weighted by Crippen LogP contribution is 2.33. The van der Waals surface area contributed by atoms with Gasteiger partial charge in [-0.3, -0.25) is 4.79 Å². The molecule has 0 atom stereocenters. The molecule has 98 valence electrons. The molecule has 0 bridgehead atoms. The Balaban J connectivity index is 2.68. The highest BCUT2D eigenvalue weighted by Gasteiger charge is 2.17. The molecule has 19 heavy (non-hydrogen) atoms. The number of hydrogen-bond acceptors (Lipinski definition) is 4. The topological polar surface area (TPSA) is 76.7 Å². The van der Waals surface area contributed by atoms with Crippen molar-refractivity contribution in [1.29, 1.82) is 0 Å². The zero-order valence-corrected chi connectivity index (χ0v) is 10.5. The van der Waals surface area contributed by atoms with Gasteiger partial charge in [0, 0.05) is 23.9 Å². The third-order valence-corrected chi connectivity index (χ3v) is 2.71. The summed E-state index contributed by atoms with van der Waals surface area (Å²) in [4.78, 5) is 22.1. The molecule has 1 heterocycles. The quantitative estimate of drug-likeness (QED) is 0.521. The lowest BCUT2D eigenvalue weighted by Crippen LogP contribution is -2.06. The average molecular weight is 260 g/mol. The van der Waals surface area contributed by atoms with Crippen LogP contribution in [-0.4, -0.2) is 17.0 Å². The third kappa shape index (κ3) is 2.35. The number of furan rings is 1. The van der Waals surface area contributed by atoms with Gasteiger partial charge in [0.05, 0.1) is 11.8 Å². The number of fused-ring (bicyclic) bond motifs is 1. The van der Waals surface area contributed by atoms with Crippen molar-refractivity contribution in [2.24, 2.45) is 0 Å². The van der Waals surface area contributed by atoms with Crippen molar-refractivity contribution >= 4 is 28.5 Å². The summed E-state index contributed by atoms with van der Waals surface area (Å²) < 4.78 is 10.3. The third-order valence-electron chi connectivity index (χ3n) is 2.71. The maximum atomic E-state index is 11.1. The number of aliphatic carboxylic acids is 1. The molecular weight excluding hydrogens is 248 g/mol. The van der Waals surface area contributed by atoms with Crippen LogP contribution in [0.15, 0.2) is 29.4 Å². The van der Waals surface area contributed by atoms with Gasteiger partial charge in [0.1, 0.15) is 11.3 Å². The number of carboxylic acid groups (broad SMARTS) is 1. The number of carboxylic acids is 1. The molecule has 0 unspecified atom stereocenters. The number of carbonyl (C=O) groups is 2. The van der Waals surface area contributed by atoms with E-state index < -0.39 is 11.9 Å². The molecule has 2 aromatic rings. The summed E-state index contributed by atoms with van der Waals surface area (Å²) in [7, 11) is 0. The molecule has 0 saturated carbocycles. The number of benzene rings is 1. The van der Waals surface area contributed by atoms with Crippen LogP contribution in [0.5, 0.6) is 5.75 Å². The second-order valence-electron chi connectivity index (χ2n) is 4.14. The Morgan fingerprint density at radius 3 is 2.63 bits per heavy atom. The van der Waals surface area contributed by atoms with Gasteiger partial charge in [-0.1, -0.05) is 6.58 Å². The number of rotatable bonds is 3. The number of esters is 1. The van der Waals surface area contributed by atoms with Crippen LogP contribution in [0, 0.1) is 6.92 Å². The molecule has 0 aliphatic heterocycles. The van der Waals surface area contributed by atoms with E-state index >= 15 is 0 Å². The lowest BCUT2D eigenvalue weighted by Gasteiger charge is -2.09. The molecule has 0 fully saturated rings. The van der Waals surface area contributed by atoms with E-state index in [2.05, 4.69) is 6.58 Å². The van der Waals surface area contributed by atoms with Gasteiger partial charge in [-0.2, -0.15) is 0 Å². The minimum Gasteiger partial charge on any atom is -0.478 e. The van der Waals surface area contributed by atoms with Crippen molar-refractivity contribution in [3.8, 4) is 5.75 Å². The molecule has 0 amide bonds. The molecule has 5 nitrogen and oxygen atoms in total. The predicted molar refractivity (Wildman–Crippen MR) is 68.9 cm³/mol. The number of ether oxygens (including phenoxy) is 1. The first-order valence-electron chi connectivity index (χ1n) is 5.53. The van der Waals surface area contributed by atoms with Gasteiger partial charge in [0.2, 0.25) is 0 Å². The van der Waals surface area contributed by atoms with Gasteiger partial charge in [-0.15, -0.1) is 0 Å². The van der Waals surface area contributed by atoms with E-state index in [1.807, 2.05) is 6.92 Å². The second kappa shape index (κ2) is 4.61. The summed E-state index contributed by atoms with van der Waals surface area (Å²) in [5.41, 5.74) is 1.51. The van der Waals surface area contributed by atoms with Gasteiger partial charge >= 0.3 is 11.9 Å². The molecule has 0 saturated heterocycles. The van der Waals surface area contributed by atoms with Crippen LogP contribution >= 0.6 is 0 Å². The van der Waals surface area contributed by atoms with Crippen LogP contribution in [-0.2, 0) is 9.59 Å². The van der Waals surface area contributed by atoms with E-state index in [1.54, 1.807) is 12.3 Å². The van der Waals surface area contributed by atoms with Gasteiger partial charge < -0.3 is 14.3 Å². The molecule has 0 spiro atoms. The van der Waals surface area contributed by atoms with Crippen LogP contribution in [0.25, 0.3) is 16.5 Å². The van der Waals surface area contributed by atoms with Crippen LogP contribution < -0.4 is 4.74 Å². The van der Waals surface area contributed by atoms with Crippen molar-refractivity contribution in [2.75, 3.05) is 0 Å². The van der Waals surface area contributed by atoms with Crippen LogP contribution in [0.4, 0.5) is 0 Å². The fourth-order valence-corrected chi connectivity index (χ4v) is 1.77. The SMILES string of the molecule is C=C(C(=O)O)c1cc2c(C)coc2cc1OC(C)=O. The van der Waals surface area contributed by atoms with Crippen molar-refractivity contribution in [3.63, 3.8) is 0 Å². The van der Waals surface area contributed by atoms with Crippen molar-refractivity contribution in [2.45, 2.75) is 13.8 Å². The number of carbonyl (C=O) groups excluding carboxylic acids is 1. The highest BCUT2D eigenvalue weighted by molar-refractivity contribution is 6.16. The largest absolute Gasteiger partial charge is 0.478 e. The molecule has 1 N–H and O–H groups in total. The first-order valence-corrected chi connectivity index (χ1v) is 5.53. The Bertz CT molecular complexity index is 693. The van der Waals surface area contributed by atoms with Gasteiger partial charge in [0.25, 0.3) is 0 Å². The van der Waals surface area contributed by atoms with E-state index in [-0.39, 0.29) is 16.9 Å². The van der Waals surface area contributed by atoms with Crippen LogP contribution in [0.2, 0.25) is 0 Å². The number of aryl methyl sites for hydroxylation is 1. The molecule has 0 aliphatic rings. The molecule has 0 radical (unpaired) electrons. The van der Waals surface area contributed by atoms with Crippen molar-refractivity contribution in [1.82, 2.24) is 0 Å². The zero-order chi connectivity index (χ0) is 14.2. The van der Waals surface area contributed by atoms with Crippen LogP contribution in [0.3, 0.4) is 0 Å². The normalized spacial score (nSPS) is 10.4. The summed E-state index contributed by atoms with van der Waals surface area (Å²) in [5.74, 6) is -1.59. The molecule has 1 aromatic heterocycles. The highest BCUT2D eigenvalue weighted by atomic mass is 16.5. The Labute approximate surface area is 109 Å². The Kier molecular flexibility index (Phi) is 3.12. The van der Waals surface area contributed by atoms with Crippen molar-refractivity contribution < 1.29 is 23.8 Å². The molecule has 2 rings (SSSR count). The van der Waals surface area contributed by atoms with E-state index in [0.29, 0.717) is 5.58 Å². The molecular formula is C14H12O5. The maximum absolute atomic E-state index is 11.1. The molecule has 5 heteroatoms. The maximum Gasteiger partial charge on any atom is 0.335 e. The first kappa shape index (κ1) is 12.9. The van der Waals surface area contributed by atoms with E-state index in [4.69, 9.17) is 14.3 Å². The summed E-state index contributed by atoms with van der Waals surface area (Å²) >= 11 is 0. The van der Waals surface area contributed by atoms with Gasteiger partial charge in [-0.25, -0.2) is 4.79 Å². The lowest BCUT2D eigenvalue weighted by molar-refractivity contribution is -0.132. The monoisotopic (exact) mass is 260 g/mol. The fourth-order valence-electron chi connectivity index (χ4n) is 1.77. The van der Waals surface area contributed by atoms with Gasteiger partial charge in [0.15, 0.2) is 0 Å². The summed E-state index contributed by atoms with van der Waals surface area (Å²) in [6.45, 7) is 6.57. The van der Waals surface area contributed by atoms with E-state index in [1.165, 1.54) is 13.0 Å². The molecule has 0 aliphatic carbocycles. The average Bonchev–Trinajstić information content (AvgIpc) is 2.68. The first-order chi connectivity index (χ1) is 8.90. The zero-order valence-electron chi connectivity index (χ0n) is 10.5. The second-order valence-corrected chi connectivity index (χ2v) is 4.14. The minimum absolute atomic E-state index is 0.127. The van der Waals surface area contributed by atoms with Gasteiger partial charge in [-0.05, 0) is 18.6 Å². The lowest BCUT2D eigenvalue weighted by atomic mass is 10.0. The Morgan fingerprint density at radius 2 is 2.05 bits per heavy atom. The summed E-state index contributed by atoms with van der Waals surface area (Å²) in [6, 6.07) is 3.09. The predicted octanol–water partition coefficient (Wildman–Crippen LogP) is 2.76. The Hall–Kier alpha value is -2.56.